The van der Waals surface area contributed by atoms with Gasteiger partial charge in [-0.2, -0.15) is 5.26 Å². The van der Waals surface area contributed by atoms with E-state index < -0.39 is 0 Å². The molecule has 0 saturated heterocycles. The van der Waals surface area contributed by atoms with Crippen LogP contribution in [0.4, 0.5) is 5.69 Å². The first-order valence-electron chi connectivity index (χ1n) is 6.43. The molecule has 0 aromatic heterocycles. The largest absolute Gasteiger partial charge is 0.383 e. The smallest absolute Gasteiger partial charge is 0.263 e. The van der Waals surface area contributed by atoms with E-state index in [0.717, 1.165) is 5.69 Å². The monoisotopic (exact) mass is 273 g/mol. The number of rotatable bonds is 7. The van der Waals surface area contributed by atoms with Crippen molar-refractivity contribution < 1.29 is 9.53 Å². The highest BCUT2D eigenvalue weighted by atomic mass is 16.5. The van der Waals surface area contributed by atoms with Gasteiger partial charge < -0.3 is 15.0 Å². The summed E-state index contributed by atoms with van der Waals surface area (Å²) in [5.41, 5.74) is 1.01. The molecule has 0 unspecified atom stereocenters. The maximum atomic E-state index is 11.8. The summed E-state index contributed by atoms with van der Waals surface area (Å²) in [7, 11) is 1.56. The van der Waals surface area contributed by atoms with Gasteiger partial charge in [0.05, 0.1) is 6.61 Å². The number of nitrogens with zero attached hydrogens (tertiary/aromatic N) is 2. The number of benzene rings is 1. The number of amides is 1. The molecule has 5 nitrogen and oxygen atoms in total. The molecule has 5 heteroatoms. The zero-order valence-corrected chi connectivity index (χ0v) is 11.8. The molecule has 1 aromatic rings. The van der Waals surface area contributed by atoms with Crippen molar-refractivity contribution in [3.05, 3.63) is 42.1 Å². The number of para-hydroxylation sites is 1. The average Bonchev–Trinajstić information content (AvgIpc) is 2.49. The molecule has 1 aromatic carbocycles. The average molecular weight is 273 g/mol. The summed E-state index contributed by atoms with van der Waals surface area (Å²) in [5.74, 6) is -0.390. The number of anilines is 1. The highest BCUT2D eigenvalue weighted by Crippen LogP contribution is 2.14. The van der Waals surface area contributed by atoms with Crippen LogP contribution in [0.15, 0.2) is 42.1 Å². The Labute approximate surface area is 119 Å². The second-order valence-electron chi connectivity index (χ2n) is 4.02. The molecule has 0 saturated carbocycles. The van der Waals surface area contributed by atoms with Crippen LogP contribution in [0.5, 0.6) is 0 Å². The predicted octanol–water partition coefficient (Wildman–Crippen LogP) is 1.68. The Morgan fingerprint density at radius 1 is 1.45 bits per heavy atom. The molecule has 0 heterocycles. The first kappa shape index (κ1) is 15.7. The van der Waals surface area contributed by atoms with Crippen molar-refractivity contribution in [2.45, 2.75) is 6.92 Å². The van der Waals surface area contributed by atoms with Crippen molar-refractivity contribution in [1.29, 1.82) is 5.26 Å². The van der Waals surface area contributed by atoms with Gasteiger partial charge in [0.2, 0.25) is 0 Å². The third kappa shape index (κ3) is 4.75. The maximum Gasteiger partial charge on any atom is 0.263 e. The minimum absolute atomic E-state index is 0.0757. The number of carbonyl (C=O) groups is 1. The van der Waals surface area contributed by atoms with Gasteiger partial charge in [0.25, 0.3) is 5.91 Å². The van der Waals surface area contributed by atoms with Crippen LogP contribution >= 0.6 is 0 Å². The molecule has 1 N–H and O–H groups in total. The SMILES string of the molecule is CCN(/C=C(/C#N)C(=O)NCCOC)c1ccccc1. The Hall–Kier alpha value is -2.32. The molecular formula is C15H19N3O2. The normalized spacial score (nSPS) is 10.8. The molecule has 20 heavy (non-hydrogen) atoms. The summed E-state index contributed by atoms with van der Waals surface area (Å²) < 4.78 is 4.85. The van der Waals surface area contributed by atoms with E-state index in [9.17, 15) is 4.79 Å². The zero-order valence-electron chi connectivity index (χ0n) is 11.8. The number of methoxy groups -OCH3 is 1. The second-order valence-corrected chi connectivity index (χ2v) is 4.02. The summed E-state index contributed by atoms with van der Waals surface area (Å²) in [6.45, 7) is 3.42. The van der Waals surface area contributed by atoms with Crippen LogP contribution in [0.2, 0.25) is 0 Å². The molecule has 0 atom stereocenters. The van der Waals surface area contributed by atoms with E-state index in [2.05, 4.69) is 5.32 Å². The van der Waals surface area contributed by atoms with Crippen LogP contribution in [0.1, 0.15) is 6.92 Å². The van der Waals surface area contributed by atoms with E-state index in [0.29, 0.717) is 19.7 Å². The topological polar surface area (TPSA) is 65.4 Å². The molecule has 106 valence electrons. The molecular weight excluding hydrogens is 254 g/mol. The number of hydrogen-bond donors (Lipinski definition) is 1. The highest BCUT2D eigenvalue weighted by molar-refractivity contribution is 5.97. The van der Waals surface area contributed by atoms with Crippen molar-refractivity contribution in [3.8, 4) is 6.07 Å². The van der Waals surface area contributed by atoms with Gasteiger partial charge in [0.15, 0.2) is 0 Å². The Morgan fingerprint density at radius 2 is 2.15 bits per heavy atom. The molecule has 0 spiro atoms. The van der Waals surface area contributed by atoms with Gasteiger partial charge in [0, 0.05) is 32.1 Å². The third-order valence-corrected chi connectivity index (χ3v) is 2.67. The Balaban J connectivity index is 2.81. The lowest BCUT2D eigenvalue weighted by molar-refractivity contribution is -0.117. The number of nitrogens with one attached hydrogen (secondary N) is 1. The summed E-state index contributed by atoms with van der Waals surface area (Å²) in [6, 6.07) is 11.5. The highest BCUT2D eigenvalue weighted by Gasteiger charge is 2.10. The molecule has 1 rings (SSSR count). The first-order valence-corrected chi connectivity index (χ1v) is 6.43. The van der Waals surface area contributed by atoms with Crippen molar-refractivity contribution in [2.75, 3.05) is 31.7 Å². The lowest BCUT2D eigenvalue weighted by Crippen LogP contribution is -2.29. The number of hydrogen-bond acceptors (Lipinski definition) is 4. The van der Waals surface area contributed by atoms with Crippen molar-refractivity contribution in [2.24, 2.45) is 0 Å². The lowest BCUT2D eigenvalue weighted by atomic mass is 10.2. The van der Waals surface area contributed by atoms with E-state index in [1.165, 1.54) is 0 Å². The van der Waals surface area contributed by atoms with E-state index >= 15 is 0 Å². The Kier molecular flexibility index (Phi) is 6.87. The Morgan fingerprint density at radius 3 is 2.70 bits per heavy atom. The van der Waals surface area contributed by atoms with Crippen molar-refractivity contribution in [1.82, 2.24) is 5.32 Å². The second kappa shape index (κ2) is 8.73. The van der Waals surface area contributed by atoms with Gasteiger partial charge in [-0.05, 0) is 19.1 Å². The fourth-order valence-electron chi connectivity index (χ4n) is 1.62. The predicted molar refractivity (Wildman–Crippen MR) is 78.0 cm³/mol. The summed E-state index contributed by atoms with van der Waals surface area (Å²) in [6.07, 6.45) is 1.57. The lowest BCUT2D eigenvalue weighted by Gasteiger charge is -2.18. The summed E-state index contributed by atoms with van der Waals surface area (Å²) >= 11 is 0. The Bertz CT molecular complexity index is 492. The van der Waals surface area contributed by atoms with E-state index in [-0.39, 0.29) is 11.5 Å². The third-order valence-electron chi connectivity index (χ3n) is 2.67. The molecule has 0 bridgehead atoms. The van der Waals surface area contributed by atoms with Gasteiger partial charge in [-0.1, -0.05) is 18.2 Å². The van der Waals surface area contributed by atoms with Crippen LogP contribution in [0, 0.1) is 11.3 Å². The van der Waals surface area contributed by atoms with Crippen molar-refractivity contribution in [3.63, 3.8) is 0 Å². The van der Waals surface area contributed by atoms with E-state index in [4.69, 9.17) is 10.00 Å². The number of nitriles is 1. The maximum absolute atomic E-state index is 11.8. The standard InChI is InChI=1S/C15H19N3O2/c1-3-18(14-7-5-4-6-8-14)12-13(11-16)15(19)17-9-10-20-2/h4-8,12H,3,9-10H2,1-2H3,(H,17,19)/b13-12-. The van der Waals surface area contributed by atoms with Crippen LogP contribution in [0.3, 0.4) is 0 Å². The van der Waals surface area contributed by atoms with Gasteiger partial charge in [-0.25, -0.2) is 0 Å². The minimum atomic E-state index is -0.390. The molecule has 0 aliphatic rings. The summed E-state index contributed by atoms with van der Waals surface area (Å²) in [5, 5.41) is 11.7. The zero-order chi connectivity index (χ0) is 14.8. The number of ether oxygens (including phenoxy) is 1. The molecule has 0 radical (unpaired) electrons. The fraction of sp³-hybridized carbons (Fsp3) is 0.333. The van der Waals surface area contributed by atoms with Gasteiger partial charge in [-0.3, -0.25) is 4.79 Å². The van der Waals surface area contributed by atoms with Crippen molar-refractivity contribution >= 4 is 11.6 Å². The first-order chi connectivity index (χ1) is 9.72. The van der Waals surface area contributed by atoms with E-state index in [1.807, 2.05) is 48.2 Å². The molecule has 0 aliphatic heterocycles. The van der Waals surface area contributed by atoms with Gasteiger partial charge in [0.1, 0.15) is 11.6 Å². The minimum Gasteiger partial charge on any atom is -0.383 e. The van der Waals surface area contributed by atoms with E-state index in [1.54, 1.807) is 13.3 Å². The van der Waals surface area contributed by atoms with Crippen LogP contribution in [0.25, 0.3) is 0 Å². The van der Waals surface area contributed by atoms with Crippen LogP contribution in [-0.2, 0) is 9.53 Å². The summed E-state index contributed by atoms with van der Waals surface area (Å²) in [4.78, 5) is 13.7. The van der Waals surface area contributed by atoms with Gasteiger partial charge in [-0.15, -0.1) is 0 Å². The molecule has 1 amide bonds. The quantitative estimate of drug-likeness (QED) is 0.466. The fourth-order valence-corrected chi connectivity index (χ4v) is 1.62. The number of carbonyl (C=O) groups excluding carboxylic acids is 1. The molecule has 0 aliphatic carbocycles. The molecule has 0 fully saturated rings. The van der Waals surface area contributed by atoms with Crippen LogP contribution < -0.4 is 10.2 Å². The van der Waals surface area contributed by atoms with Gasteiger partial charge >= 0.3 is 0 Å². The van der Waals surface area contributed by atoms with Crippen LogP contribution in [-0.4, -0.2) is 32.7 Å².